The van der Waals surface area contributed by atoms with E-state index in [1.54, 1.807) is 13.1 Å². The van der Waals surface area contributed by atoms with Crippen molar-refractivity contribution in [1.82, 2.24) is 9.78 Å². The number of hydrogen-bond donors (Lipinski definition) is 2. The van der Waals surface area contributed by atoms with Gasteiger partial charge in [0.1, 0.15) is 5.56 Å². The zero-order valence-electron chi connectivity index (χ0n) is 7.99. The summed E-state index contributed by atoms with van der Waals surface area (Å²) in [6, 6.07) is 7.25. The van der Waals surface area contributed by atoms with Crippen molar-refractivity contribution >= 4 is 15.9 Å². The van der Waals surface area contributed by atoms with E-state index in [0.717, 1.165) is 4.47 Å². The van der Waals surface area contributed by atoms with Gasteiger partial charge in [-0.25, -0.2) is 0 Å². The number of aromatic amines is 1. The average Bonchev–Trinajstić information content (AvgIpc) is 2.43. The highest BCUT2D eigenvalue weighted by molar-refractivity contribution is 9.10. The minimum Gasteiger partial charge on any atom is -0.493 e. The first kappa shape index (κ1) is 10.0. The molecule has 5 heteroatoms. The molecule has 0 aliphatic carbocycles. The quantitative estimate of drug-likeness (QED) is 0.830. The highest BCUT2D eigenvalue weighted by atomic mass is 79.9. The third-order valence-electron chi connectivity index (χ3n) is 2.18. The minimum absolute atomic E-state index is 0.0631. The van der Waals surface area contributed by atoms with Crippen LogP contribution in [-0.2, 0) is 7.05 Å². The molecule has 0 atom stereocenters. The smallest absolute Gasteiger partial charge is 0.275 e. The number of H-pyrrole nitrogens is 1. The molecule has 0 bridgehead atoms. The Labute approximate surface area is 94.3 Å². The SMILES string of the molecule is Cn1[nH]c(=O)c(-c2ccccc2Br)c1O. The molecule has 0 aliphatic rings. The van der Waals surface area contributed by atoms with Crippen LogP contribution < -0.4 is 5.56 Å². The van der Waals surface area contributed by atoms with Gasteiger partial charge in [0.25, 0.3) is 5.56 Å². The van der Waals surface area contributed by atoms with Crippen molar-refractivity contribution in [2.24, 2.45) is 7.05 Å². The fraction of sp³-hybridized carbons (Fsp3) is 0.100. The standard InChI is InChI=1S/C10H9BrN2O2/c1-13-10(15)8(9(14)12-13)6-4-2-3-5-7(6)11/h2-5,15H,1H3,(H,12,14). The van der Waals surface area contributed by atoms with Gasteiger partial charge in [-0.1, -0.05) is 34.1 Å². The van der Waals surface area contributed by atoms with Gasteiger partial charge in [0.2, 0.25) is 5.88 Å². The van der Waals surface area contributed by atoms with Crippen LogP contribution in [0, 0.1) is 0 Å². The van der Waals surface area contributed by atoms with Gasteiger partial charge >= 0.3 is 0 Å². The lowest BCUT2D eigenvalue weighted by Crippen LogP contribution is -2.03. The van der Waals surface area contributed by atoms with Crippen LogP contribution in [0.2, 0.25) is 0 Å². The first-order chi connectivity index (χ1) is 7.11. The van der Waals surface area contributed by atoms with Gasteiger partial charge in [0.05, 0.1) is 0 Å². The summed E-state index contributed by atoms with van der Waals surface area (Å²) in [6.45, 7) is 0. The molecule has 0 spiro atoms. The number of nitrogens with zero attached hydrogens (tertiary/aromatic N) is 1. The second kappa shape index (κ2) is 3.58. The van der Waals surface area contributed by atoms with Gasteiger partial charge in [-0.3, -0.25) is 14.6 Å². The summed E-state index contributed by atoms with van der Waals surface area (Å²) in [6.07, 6.45) is 0. The number of aromatic nitrogens is 2. The molecule has 2 N–H and O–H groups in total. The van der Waals surface area contributed by atoms with Crippen LogP contribution in [0.5, 0.6) is 5.88 Å². The largest absolute Gasteiger partial charge is 0.493 e. The Bertz CT molecular complexity index is 557. The summed E-state index contributed by atoms with van der Waals surface area (Å²) >= 11 is 3.34. The molecule has 0 saturated carbocycles. The molecule has 0 unspecified atom stereocenters. The normalized spacial score (nSPS) is 10.5. The molecular weight excluding hydrogens is 260 g/mol. The Hall–Kier alpha value is -1.49. The Morgan fingerprint density at radius 1 is 1.40 bits per heavy atom. The molecule has 0 aliphatic heterocycles. The van der Waals surface area contributed by atoms with Gasteiger partial charge in [-0.05, 0) is 6.07 Å². The number of hydrogen-bond acceptors (Lipinski definition) is 2. The molecule has 1 heterocycles. The maximum atomic E-state index is 11.6. The van der Waals surface area contributed by atoms with Crippen molar-refractivity contribution in [3.05, 3.63) is 39.1 Å². The van der Waals surface area contributed by atoms with Crippen LogP contribution >= 0.6 is 15.9 Å². The summed E-state index contributed by atoms with van der Waals surface area (Å²) in [5.74, 6) is -0.0631. The molecule has 2 rings (SSSR count). The molecule has 0 saturated heterocycles. The zero-order chi connectivity index (χ0) is 11.0. The lowest BCUT2D eigenvalue weighted by Gasteiger charge is -2.01. The fourth-order valence-electron chi connectivity index (χ4n) is 1.44. The predicted molar refractivity (Wildman–Crippen MR) is 60.8 cm³/mol. The van der Waals surface area contributed by atoms with Crippen molar-refractivity contribution in [3.63, 3.8) is 0 Å². The number of aryl methyl sites for hydroxylation is 1. The molecule has 1 aromatic heterocycles. The third-order valence-corrected chi connectivity index (χ3v) is 2.87. The molecule has 0 fully saturated rings. The van der Waals surface area contributed by atoms with E-state index in [4.69, 9.17) is 0 Å². The van der Waals surface area contributed by atoms with Crippen LogP contribution in [0.3, 0.4) is 0 Å². The Kier molecular flexibility index (Phi) is 2.40. The van der Waals surface area contributed by atoms with Crippen molar-refractivity contribution in [2.75, 3.05) is 0 Å². The van der Waals surface area contributed by atoms with Crippen molar-refractivity contribution in [3.8, 4) is 17.0 Å². The number of nitrogens with one attached hydrogen (secondary N) is 1. The Morgan fingerprint density at radius 3 is 2.60 bits per heavy atom. The number of aromatic hydroxyl groups is 1. The van der Waals surface area contributed by atoms with Crippen molar-refractivity contribution in [2.45, 2.75) is 0 Å². The number of halogens is 1. The Morgan fingerprint density at radius 2 is 2.07 bits per heavy atom. The van der Waals surface area contributed by atoms with Gasteiger partial charge in [0.15, 0.2) is 0 Å². The van der Waals surface area contributed by atoms with Crippen LogP contribution in [0.15, 0.2) is 33.5 Å². The third kappa shape index (κ3) is 1.59. The zero-order valence-corrected chi connectivity index (χ0v) is 9.58. The van der Waals surface area contributed by atoms with Crippen LogP contribution in [0.4, 0.5) is 0 Å². The van der Waals surface area contributed by atoms with Gasteiger partial charge in [0, 0.05) is 17.1 Å². The molecule has 1 aromatic carbocycles. The average molecular weight is 269 g/mol. The lowest BCUT2D eigenvalue weighted by atomic mass is 10.1. The van der Waals surface area contributed by atoms with Gasteiger partial charge < -0.3 is 5.11 Å². The maximum absolute atomic E-state index is 11.6. The predicted octanol–water partition coefficient (Wildman–Crippen LogP) is 1.85. The molecule has 0 radical (unpaired) electrons. The van der Waals surface area contributed by atoms with E-state index in [0.29, 0.717) is 5.56 Å². The minimum atomic E-state index is -0.304. The summed E-state index contributed by atoms with van der Waals surface area (Å²) in [5, 5.41) is 12.2. The van der Waals surface area contributed by atoms with Crippen LogP contribution in [0.25, 0.3) is 11.1 Å². The topological polar surface area (TPSA) is 58.0 Å². The second-order valence-corrected chi connectivity index (χ2v) is 4.03. The van der Waals surface area contributed by atoms with Gasteiger partial charge in [-0.2, -0.15) is 0 Å². The van der Waals surface area contributed by atoms with E-state index >= 15 is 0 Å². The Balaban J connectivity index is 2.75. The van der Waals surface area contributed by atoms with Crippen molar-refractivity contribution < 1.29 is 5.11 Å². The van der Waals surface area contributed by atoms with Gasteiger partial charge in [-0.15, -0.1) is 0 Å². The highest BCUT2D eigenvalue weighted by Crippen LogP contribution is 2.30. The first-order valence-corrected chi connectivity index (χ1v) is 5.13. The maximum Gasteiger partial charge on any atom is 0.275 e. The molecule has 78 valence electrons. The summed E-state index contributed by atoms with van der Waals surface area (Å²) < 4.78 is 2.06. The summed E-state index contributed by atoms with van der Waals surface area (Å²) in [4.78, 5) is 11.6. The molecule has 2 aromatic rings. The first-order valence-electron chi connectivity index (χ1n) is 4.34. The molecule has 15 heavy (non-hydrogen) atoms. The van der Waals surface area contributed by atoms with E-state index in [2.05, 4.69) is 21.0 Å². The fourth-order valence-corrected chi connectivity index (χ4v) is 1.92. The van der Waals surface area contributed by atoms with Crippen molar-refractivity contribution in [1.29, 1.82) is 0 Å². The van der Waals surface area contributed by atoms with E-state index in [-0.39, 0.29) is 17.0 Å². The van der Waals surface area contributed by atoms with Crippen LogP contribution in [0.1, 0.15) is 0 Å². The lowest BCUT2D eigenvalue weighted by molar-refractivity contribution is 0.420. The monoisotopic (exact) mass is 268 g/mol. The highest BCUT2D eigenvalue weighted by Gasteiger charge is 2.15. The number of benzene rings is 1. The van der Waals surface area contributed by atoms with Crippen LogP contribution in [-0.4, -0.2) is 14.9 Å². The van der Waals surface area contributed by atoms with E-state index in [1.807, 2.05) is 18.2 Å². The number of rotatable bonds is 1. The molecular formula is C10H9BrN2O2. The summed E-state index contributed by atoms with van der Waals surface area (Å²) in [7, 11) is 1.58. The molecule has 0 amide bonds. The molecule has 4 nitrogen and oxygen atoms in total. The van der Waals surface area contributed by atoms with E-state index in [9.17, 15) is 9.90 Å². The summed E-state index contributed by atoms with van der Waals surface area (Å²) in [5.41, 5.74) is 0.656. The van der Waals surface area contributed by atoms with E-state index < -0.39 is 0 Å². The second-order valence-electron chi connectivity index (χ2n) is 3.18. The van der Waals surface area contributed by atoms with E-state index in [1.165, 1.54) is 4.68 Å².